The molecule has 0 fully saturated rings. The SMILES string of the molecule is C/C=C(\NC(=O)OCc1ccccc1)C(=O)CCCCCCCCC. The topological polar surface area (TPSA) is 55.4 Å². The third-order valence-electron chi connectivity index (χ3n) is 4.05. The number of amides is 1. The summed E-state index contributed by atoms with van der Waals surface area (Å²) in [5, 5.41) is 2.56. The lowest BCUT2D eigenvalue weighted by molar-refractivity contribution is -0.116. The summed E-state index contributed by atoms with van der Waals surface area (Å²) in [7, 11) is 0. The Balaban J connectivity index is 2.23. The highest BCUT2D eigenvalue weighted by molar-refractivity contribution is 5.97. The lowest BCUT2D eigenvalue weighted by Crippen LogP contribution is -2.27. The van der Waals surface area contributed by atoms with Crippen molar-refractivity contribution in [3.05, 3.63) is 47.7 Å². The zero-order valence-corrected chi connectivity index (χ0v) is 15.6. The number of unbranched alkanes of at least 4 members (excludes halogenated alkanes) is 6. The van der Waals surface area contributed by atoms with Crippen LogP contribution < -0.4 is 5.32 Å². The van der Waals surface area contributed by atoms with E-state index in [1.165, 1.54) is 32.1 Å². The molecule has 1 N–H and O–H groups in total. The molecule has 0 atom stereocenters. The summed E-state index contributed by atoms with van der Waals surface area (Å²) in [5.74, 6) is -0.0345. The largest absolute Gasteiger partial charge is 0.444 e. The summed E-state index contributed by atoms with van der Waals surface area (Å²) in [6.07, 6.45) is 9.65. The Morgan fingerprint density at radius 1 is 1.00 bits per heavy atom. The van der Waals surface area contributed by atoms with Gasteiger partial charge in [0.1, 0.15) is 6.61 Å². The lowest BCUT2D eigenvalue weighted by Gasteiger charge is -2.09. The molecule has 25 heavy (non-hydrogen) atoms. The van der Waals surface area contributed by atoms with Gasteiger partial charge in [0.15, 0.2) is 5.78 Å². The number of hydrogen-bond acceptors (Lipinski definition) is 3. The summed E-state index contributed by atoms with van der Waals surface area (Å²) < 4.78 is 5.15. The molecule has 4 heteroatoms. The van der Waals surface area contributed by atoms with Crippen molar-refractivity contribution in [1.29, 1.82) is 0 Å². The van der Waals surface area contributed by atoms with Crippen LogP contribution in [-0.2, 0) is 16.1 Å². The van der Waals surface area contributed by atoms with Crippen LogP contribution in [0.5, 0.6) is 0 Å². The number of ketones is 1. The number of hydrogen-bond donors (Lipinski definition) is 1. The summed E-state index contributed by atoms with van der Waals surface area (Å²) in [5.41, 5.74) is 1.23. The van der Waals surface area contributed by atoms with Crippen LogP contribution in [-0.4, -0.2) is 11.9 Å². The number of allylic oxidation sites excluding steroid dienone is 2. The van der Waals surface area contributed by atoms with Crippen molar-refractivity contribution in [2.45, 2.75) is 71.8 Å². The molecule has 0 aliphatic rings. The first-order valence-corrected chi connectivity index (χ1v) is 9.34. The van der Waals surface area contributed by atoms with E-state index in [0.29, 0.717) is 12.1 Å². The van der Waals surface area contributed by atoms with Crippen LogP contribution in [0.3, 0.4) is 0 Å². The van der Waals surface area contributed by atoms with E-state index >= 15 is 0 Å². The molecule has 1 aromatic carbocycles. The minimum atomic E-state index is -0.593. The Bertz CT molecular complexity index is 537. The second-order valence-electron chi connectivity index (χ2n) is 6.18. The highest BCUT2D eigenvalue weighted by Gasteiger charge is 2.12. The second-order valence-corrected chi connectivity index (χ2v) is 6.18. The van der Waals surface area contributed by atoms with Crippen molar-refractivity contribution < 1.29 is 14.3 Å². The van der Waals surface area contributed by atoms with Gasteiger partial charge in [-0.15, -0.1) is 0 Å². The number of alkyl carbamates (subject to hydrolysis) is 1. The molecule has 0 aromatic heterocycles. The molecule has 4 nitrogen and oxygen atoms in total. The van der Waals surface area contributed by atoms with E-state index in [2.05, 4.69) is 12.2 Å². The van der Waals surface area contributed by atoms with Crippen LogP contribution in [0.25, 0.3) is 0 Å². The van der Waals surface area contributed by atoms with E-state index in [1.807, 2.05) is 30.3 Å². The molecular formula is C21H31NO3. The molecule has 1 rings (SSSR count). The minimum Gasteiger partial charge on any atom is -0.444 e. The number of Topliss-reactive ketones (excluding diaryl/α,β-unsaturated/α-hetero) is 1. The average molecular weight is 345 g/mol. The maximum Gasteiger partial charge on any atom is 0.412 e. The monoisotopic (exact) mass is 345 g/mol. The third kappa shape index (κ3) is 9.70. The first-order valence-electron chi connectivity index (χ1n) is 9.34. The highest BCUT2D eigenvalue weighted by Crippen LogP contribution is 2.10. The number of ether oxygens (including phenoxy) is 1. The second kappa shape index (κ2) is 13.2. The third-order valence-corrected chi connectivity index (χ3v) is 4.05. The molecule has 0 aliphatic heterocycles. The number of benzene rings is 1. The fraction of sp³-hybridized carbons (Fsp3) is 0.524. The van der Waals surface area contributed by atoms with Gasteiger partial charge in [0.25, 0.3) is 0 Å². The van der Waals surface area contributed by atoms with Gasteiger partial charge in [0.05, 0.1) is 5.70 Å². The lowest BCUT2D eigenvalue weighted by atomic mass is 10.1. The molecule has 1 amide bonds. The Morgan fingerprint density at radius 3 is 2.28 bits per heavy atom. The van der Waals surface area contributed by atoms with Crippen molar-refractivity contribution >= 4 is 11.9 Å². The predicted octanol–water partition coefficient (Wildman–Crippen LogP) is 5.53. The van der Waals surface area contributed by atoms with Crippen molar-refractivity contribution in [3.8, 4) is 0 Å². The van der Waals surface area contributed by atoms with Gasteiger partial charge in [-0.3, -0.25) is 10.1 Å². The first kappa shape index (κ1) is 20.9. The summed E-state index contributed by atoms with van der Waals surface area (Å²) in [4.78, 5) is 24.0. The van der Waals surface area contributed by atoms with Gasteiger partial charge in [-0.25, -0.2) is 4.79 Å². The van der Waals surface area contributed by atoms with Crippen LogP contribution in [0.4, 0.5) is 4.79 Å². The van der Waals surface area contributed by atoms with E-state index in [4.69, 9.17) is 4.74 Å². The van der Waals surface area contributed by atoms with E-state index in [9.17, 15) is 9.59 Å². The Morgan fingerprint density at radius 2 is 1.64 bits per heavy atom. The molecule has 0 radical (unpaired) electrons. The molecule has 1 aromatic rings. The van der Waals surface area contributed by atoms with E-state index in [0.717, 1.165) is 18.4 Å². The van der Waals surface area contributed by atoms with Crippen LogP contribution >= 0.6 is 0 Å². The van der Waals surface area contributed by atoms with Crippen molar-refractivity contribution in [3.63, 3.8) is 0 Å². The van der Waals surface area contributed by atoms with Gasteiger partial charge < -0.3 is 4.74 Å². The Hall–Kier alpha value is -2.10. The number of rotatable bonds is 12. The summed E-state index contributed by atoms with van der Waals surface area (Å²) >= 11 is 0. The molecular weight excluding hydrogens is 314 g/mol. The van der Waals surface area contributed by atoms with Crippen molar-refractivity contribution in [2.75, 3.05) is 0 Å². The number of carbonyl (C=O) groups excluding carboxylic acids is 2. The van der Waals surface area contributed by atoms with Gasteiger partial charge in [-0.1, -0.05) is 81.9 Å². The molecule has 0 saturated heterocycles. The quantitative estimate of drug-likeness (QED) is 0.400. The van der Waals surface area contributed by atoms with Gasteiger partial charge in [-0.05, 0) is 18.9 Å². The summed E-state index contributed by atoms with van der Waals surface area (Å²) in [6, 6.07) is 9.45. The Labute approximate surface area is 151 Å². The first-order chi connectivity index (χ1) is 12.2. The van der Waals surface area contributed by atoms with Crippen LogP contribution in [0.15, 0.2) is 42.1 Å². The van der Waals surface area contributed by atoms with Gasteiger partial charge in [-0.2, -0.15) is 0 Å². The molecule has 0 heterocycles. The smallest absolute Gasteiger partial charge is 0.412 e. The Kier molecular flexibility index (Phi) is 11.1. The van der Waals surface area contributed by atoms with E-state index < -0.39 is 6.09 Å². The zero-order valence-electron chi connectivity index (χ0n) is 15.6. The summed E-state index contributed by atoms with van der Waals surface area (Å²) in [6.45, 7) is 4.14. The highest BCUT2D eigenvalue weighted by atomic mass is 16.5. The van der Waals surface area contributed by atoms with Crippen LogP contribution in [0.2, 0.25) is 0 Å². The number of nitrogens with one attached hydrogen (secondary N) is 1. The van der Waals surface area contributed by atoms with Gasteiger partial charge >= 0.3 is 6.09 Å². The van der Waals surface area contributed by atoms with Crippen LogP contribution in [0.1, 0.15) is 70.8 Å². The molecule has 0 spiro atoms. The molecule has 138 valence electrons. The van der Waals surface area contributed by atoms with E-state index in [1.54, 1.807) is 13.0 Å². The standard InChI is InChI=1S/C21H31NO3/c1-3-5-6-7-8-9-13-16-20(23)19(4-2)22-21(24)25-17-18-14-11-10-12-15-18/h4,10-12,14-15H,3,5-9,13,16-17H2,1-2H3,(H,22,24)/b19-4-. The predicted molar refractivity (Wildman–Crippen MR) is 101 cm³/mol. The maximum absolute atomic E-state index is 12.2. The van der Waals surface area contributed by atoms with Gasteiger partial charge in [0, 0.05) is 6.42 Å². The average Bonchev–Trinajstić information content (AvgIpc) is 2.64. The molecule has 0 unspecified atom stereocenters. The maximum atomic E-state index is 12.2. The molecule has 0 bridgehead atoms. The van der Waals surface area contributed by atoms with Gasteiger partial charge in [0.2, 0.25) is 0 Å². The van der Waals surface area contributed by atoms with E-state index in [-0.39, 0.29) is 12.4 Å². The normalized spacial score (nSPS) is 11.2. The minimum absolute atomic E-state index is 0.0345. The fourth-order valence-corrected chi connectivity index (χ4v) is 2.55. The number of carbonyl (C=O) groups is 2. The van der Waals surface area contributed by atoms with Crippen LogP contribution in [0, 0.1) is 0 Å². The molecule has 0 saturated carbocycles. The van der Waals surface area contributed by atoms with Crippen molar-refractivity contribution in [1.82, 2.24) is 5.32 Å². The van der Waals surface area contributed by atoms with Crippen molar-refractivity contribution in [2.24, 2.45) is 0 Å². The zero-order chi connectivity index (χ0) is 18.3. The fourth-order valence-electron chi connectivity index (χ4n) is 2.55. The molecule has 0 aliphatic carbocycles.